The molecule has 0 bridgehead atoms. The summed E-state index contributed by atoms with van der Waals surface area (Å²) in [5.74, 6) is 0. The van der Waals surface area contributed by atoms with Crippen LogP contribution < -0.4 is 10.6 Å². The van der Waals surface area contributed by atoms with Gasteiger partial charge < -0.3 is 15.7 Å². The van der Waals surface area contributed by atoms with Crippen molar-refractivity contribution in [1.29, 1.82) is 0 Å². The van der Waals surface area contributed by atoms with Crippen LogP contribution in [0, 0.1) is 0 Å². The van der Waals surface area contributed by atoms with E-state index in [0.717, 1.165) is 40.8 Å². The Labute approximate surface area is 164 Å². The third kappa shape index (κ3) is 3.29. The van der Waals surface area contributed by atoms with Gasteiger partial charge in [-0.2, -0.15) is 0 Å². The van der Waals surface area contributed by atoms with Crippen molar-refractivity contribution in [2.24, 2.45) is 5.73 Å². The second-order valence-corrected chi connectivity index (χ2v) is 7.78. The van der Waals surface area contributed by atoms with Gasteiger partial charge in [-0.15, -0.1) is 0 Å². The Morgan fingerprint density at radius 1 is 1.15 bits per heavy atom. The second kappa shape index (κ2) is 7.12. The third-order valence-corrected chi connectivity index (χ3v) is 5.87. The van der Waals surface area contributed by atoms with Gasteiger partial charge in [-0.05, 0) is 49.1 Å². The number of anilines is 1. The number of rotatable bonds is 3. The summed E-state index contributed by atoms with van der Waals surface area (Å²) in [7, 11) is 0. The Kier molecular flexibility index (Phi) is 4.81. The van der Waals surface area contributed by atoms with Crippen LogP contribution in [0.15, 0.2) is 54.7 Å². The average molecular weight is 382 g/mol. The summed E-state index contributed by atoms with van der Waals surface area (Å²) >= 11 is 6.49. The van der Waals surface area contributed by atoms with E-state index in [1.807, 2.05) is 55.5 Å². The van der Waals surface area contributed by atoms with Gasteiger partial charge >= 0.3 is 0 Å². The molecule has 3 N–H and O–H groups in total. The van der Waals surface area contributed by atoms with E-state index in [0.29, 0.717) is 17.9 Å². The van der Waals surface area contributed by atoms with Crippen LogP contribution in [0.4, 0.5) is 5.69 Å². The predicted molar refractivity (Wildman–Crippen MR) is 111 cm³/mol. The van der Waals surface area contributed by atoms with Gasteiger partial charge in [0.15, 0.2) is 0 Å². The van der Waals surface area contributed by atoms with Crippen molar-refractivity contribution in [2.75, 3.05) is 18.0 Å². The summed E-state index contributed by atoms with van der Waals surface area (Å²) in [6.07, 6.45) is 3.11. The zero-order chi connectivity index (χ0) is 19.0. The smallest absolute Gasteiger partial charge is 0.0953 e. The van der Waals surface area contributed by atoms with Gasteiger partial charge in [0.1, 0.15) is 0 Å². The van der Waals surface area contributed by atoms with Crippen molar-refractivity contribution in [3.05, 3.63) is 70.9 Å². The van der Waals surface area contributed by atoms with Crippen molar-refractivity contribution in [1.82, 2.24) is 4.98 Å². The first-order valence-electron chi connectivity index (χ1n) is 9.35. The number of halogens is 1. The van der Waals surface area contributed by atoms with E-state index < -0.39 is 5.60 Å². The lowest BCUT2D eigenvalue weighted by Crippen LogP contribution is -2.43. The maximum Gasteiger partial charge on any atom is 0.0953 e. The molecule has 1 aromatic heterocycles. The largest absolute Gasteiger partial charge is 0.385 e. The standard InChI is InChI=1S/C22H24ClN3O/c1-15(24)18-14-19(23)17-8-5-11-25-20(17)21(18)26-12-9-22(27,10-13-26)16-6-3-2-4-7-16/h2-8,11,14-15,27H,9-10,12-13,24H2,1H3. The first-order valence-corrected chi connectivity index (χ1v) is 9.73. The van der Waals surface area contributed by atoms with Gasteiger partial charge in [0.05, 0.1) is 21.8 Å². The Balaban J connectivity index is 1.72. The highest BCUT2D eigenvalue weighted by Crippen LogP contribution is 2.41. The van der Waals surface area contributed by atoms with Crippen molar-refractivity contribution in [3.63, 3.8) is 0 Å². The molecule has 0 radical (unpaired) electrons. The van der Waals surface area contributed by atoms with E-state index in [1.165, 1.54) is 0 Å². The molecule has 2 heterocycles. The molecule has 0 amide bonds. The van der Waals surface area contributed by atoms with Gasteiger partial charge in [-0.25, -0.2) is 0 Å². The Morgan fingerprint density at radius 3 is 2.52 bits per heavy atom. The number of aliphatic hydroxyl groups is 1. The highest BCUT2D eigenvalue weighted by molar-refractivity contribution is 6.36. The molecule has 1 aliphatic rings. The number of fused-ring (bicyclic) bond motifs is 1. The lowest BCUT2D eigenvalue weighted by molar-refractivity contribution is 0.0118. The van der Waals surface area contributed by atoms with E-state index in [2.05, 4.69) is 9.88 Å². The van der Waals surface area contributed by atoms with Gasteiger partial charge in [0, 0.05) is 30.7 Å². The number of benzene rings is 2. The monoisotopic (exact) mass is 381 g/mol. The SMILES string of the molecule is CC(N)c1cc(Cl)c2cccnc2c1N1CCC(O)(c2ccccc2)CC1. The summed E-state index contributed by atoms with van der Waals surface area (Å²) < 4.78 is 0. The number of hydrogen-bond donors (Lipinski definition) is 2. The molecule has 0 spiro atoms. The molecule has 1 aliphatic heterocycles. The van der Waals surface area contributed by atoms with Crippen LogP contribution in [-0.4, -0.2) is 23.2 Å². The van der Waals surface area contributed by atoms with E-state index in [9.17, 15) is 5.11 Å². The topological polar surface area (TPSA) is 62.4 Å². The fourth-order valence-electron chi connectivity index (χ4n) is 4.02. The molecule has 5 heteroatoms. The lowest BCUT2D eigenvalue weighted by atomic mass is 9.84. The number of nitrogens with zero attached hydrogens (tertiary/aromatic N) is 2. The molecular formula is C22H24ClN3O. The van der Waals surface area contributed by atoms with Crippen molar-refractivity contribution < 1.29 is 5.11 Å². The molecule has 0 aliphatic carbocycles. The van der Waals surface area contributed by atoms with Crippen molar-refractivity contribution in [2.45, 2.75) is 31.4 Å². The Morgan fingerprint density at radius 2 is 1.85 bits per heavy atom. The molecule has 4 rings (SSSR count). The summed E-state index contributed by atoms with van der Waals surface area (Å²) in [5.41, 5.74) is 9.37. The first-order chi connectivity index (χ1) is 13.0. The molecule has 1 saturated heterocycles. The molecule has 4 nitrogen and oxygen atoms in total. The number of hydrogen-bond acceptors (Lipinski definition) is 4. The molecular weight excluding hydrogens is 358 g/mol. The third-order valence-electron chi connectivity index (χ3n) is 5.55. The van der Waals surface area contributed by atoms with Crippen LogP contribution in [0.3, 0.4) is 0 Å². The van der Waals surface area contributed by atoms with Crippen LogP contribution in [0.25, 0.3) is 10.9 Å². The summed E-state index contributed by atoms with van der Waals surface area (Å²) in [4.78, 5) is 6.90. The Bertz CT molecular complexity index is 950. The maximum atomic E-state index is 11.2. The molecule has 3 aromatic rings. The summed E-state index contributed by atoms with van der Waals surface area (Å²) in [6.45, 7) is 3.44. The quantitative estimate of drug-likeness (QED) is 0.706. The van der Waals surface area contributed by atoms with Gasteiger partial charge in [0.25, 0.3) is 0 Å². The molecule has 0 saturated carbocycles. The minimum absolute atomic E-state index is 0.154. The van der Waals surface area contributed by atoms with E-state index >= 15 is 0 Å². The zero-order valence-corrected chi connectivity index (χ0v) is 16.2. The van der Waals surface area contributed by atoms with E-state index in [-0.39, 0.29) is 6.04 Å². The molecule has 140 valence electrons. The lowest BCUT2D eigenvalue weighted by Gasteiger charge is -2.40. The molecule has 1 atom stereocenters. The minimum atomic E-state index is -0.790. The second-order valence-electron chi connectivity index (χ2n) is 7.37. The zero-order valence-electron chi connectivity index (χ0n) is 15.4. The van der Waals surface area contributed by atoms with Crippen LogP contribution in [0.5, 0.6) is 0 Å². The summed E-state index contributed by atoms with van der Waals surface area (Å²) in [6, 6.07) is 15.6. The fourth-order valence-corrected chi connectivity index (χ4v) is 4.29. The van der Waals surface area contributed by atoms with Crippen LogP contribution >= 0.6 is 11.6 Å². The summed E-state index contributed by atoms with van der Waals surface area (Å²) in [5, 5.41) is 12.8. The fraction of sp³-hybridized carbons (Fsp3) is 0.318. The molecule has 1 unspecified atom stereocenters. The average Bonchev–Trinajstić information content (AvgIpc) is 2.69. The predicted octanol–water partition coefficient (Wildman–Crippen LogP) is 4.40. The maximum absolute atomic E-state index is 11.2. The van der Waals surface area contributed by atoms with Crippen molar-refractivity contribution in [3.8, 4) is 0 Å². The van der Waals surface area contributed by atoms with Crippen molar-refractivity contribution >= 4 is 28.2 Å². The van der Waals surface area contributed by atoms with Gasteiger partial charge in [-0.1, -0.05) is 41.9 Å². The first kappa shape index (κ1) is 18.2. The van der Waals surface area contributed by atoms with Gasteiger partial charge in [0.2, 0.25) is 0 Å². The number of aromatic nitrogens is 1. The van der Waals surface area contributed by atoms with Crippen LogP contribution in [0.1, 0.15) is 36.9 Å². The van der Waals surface area contributed by atoms with Crippen LogP contribution in [0.2, 0.25) is 5.02 Å². The highest BCUT2D eigenvalue weighted by atomic mass is 35.5. The van der Waals surface area contributed by atoms with E-state index in [4.69, 9.17) is 17.3 Å². The minimum Gasteiger partial charge on any atom is -0.385 e. The molecule has 2 aromatic carbocycles. The number of piperidine rings is 1. The van der Waals surface area contributed by atoms with Crippen LogP contribution in [-0.2, 0) is 5.60 Å². The highest BCUT2D eigenvalue weighted by Gasteiger charge is 2.35. The number of nitrogens with two attached hydrogens (primary N) is 1. The molecule has 1 fully saturated rings. The number of pyridine rings is 1. The molecule has 27 heavy (non-hydrogen) atoms. The van der Waals surface area contributed by atoms with E-state index in [1.54, 1.807) is 6.20 Å². The normalized spacial score (nSPS) is 17.9. The Hall–Kier alpha value is -2.14. The van der Waals surface area contributed by atoms with Gasteiger partial charge in [-0.3, -0.25) is 4.98 Å².